The summed E-state index contributed by atoms with van der Waals surface area (Å²) in [6.07, 6.45) is 4.28. The van der Waals surface area contributed by atoms with Crippen LogP contribution >= 0.6 is 0 Å². The lowest BCUT2D eigenvalue weighted by Gasteiger charge is -2.22. The Hall–Kier alpha value is -3.65. The molecule has 1 N–H and O–H groups in total. The number of hydrogen-bond acceptors (Lipinski definition) is 1. The predicted molar refractivity (Wildman–Crippen MR) is 134 cm³/mol. The van der Waals surface area contributed by atoms with Crippen molar-refractivity contribution in [2.75, 3.05) is 0 Å². The summed E-state index contributed by atoms with van der Waals surface area (Å²) < 4.78 is 0. The summed E-state index contributed by atoms with van der Waals surface area (Å²) in [5.74, 6) is -0.163. The van der Waals surface area contributed by atoms with Gasteiger partial charge in [-0.2, -0.15) is 0 Å². The van der Waals surface area contributed by atoms with Gasteiger partial charge in [0, 0.05) is 6.54 Å². The second-order valence-electron chi connectivity index (χ2n) is 8.42. The van der Waals surface area contributed by atoms with Crippen LogP contribution in [0.2, 0.25) is 0 Å². The number of carbonyl (C=O) groups is 1. The lowest BCUT2D eigenvalue weighted by Crippen LogP contribution is -2.32. The molecule has 4 aromatic carbocycles. The number of amides is 1. The fourth-order valence-corrected chi connectivity index (χ4v) is 4.05. The molecule has 0 fully saturated rings. The number of allylic oxidation sites excluding steroid dienone is 1. The standard InChI is InChI=1S/C30H29NO/c1-22-12-17-27(18-13-22)29(30(32)31-21-25-8-4-3-5-9-25)23(2)14-15-24-16-19-26-10-6-7-11-28(26)20-24/h3-20,23,29H,21H2,1-2H3,(H,31,32)/b15-14+. The van der Waals surface area contributed by atoms with Crippen LogP contribution in [0.15, 0.2) is 103 Å². The predicted octanol–water partition coefficient (Wildman–Crippen LogP) is 6.90. The zero-order valence-corrected chi connectivity index (χ0v) is 18.7. The summed E-state index contributed by atoms with van der Waals surface area (Å²) in [6.45, 7) is 4.71. The molecule has 2 atom stereocenters. The molecular formula is C30H29NO. The van der Waals surface area contributed by atoms with Gasteiger partial charge in [0.2, 0.25) is 5.91 Å². The molecule has 0 radical (unpaired) electrons. The van der Waals surface area contributed by atoms with E-state index in [9.17, 15) is 4.79 Å². The van der Waals surface area contributed by atoms with E-state index >= 15 is 0 Å². The van der Waals surface area contributed by atoms with Crippen molar-refractivity contribution < 1.29 is 4.79 Å². The van der Waals surface area contributed by atoms with Crippen molar-refractivity contribution in [1.82, 2.24) is 5.32 Å². The molecule has 2 nitrogen and oxygen atoms in total. The minimum absolute atomic E-state index is 0.0416. The highest BCUT2D eigenvalue weighted by atomic mass is 16.1. The normalized spacial score (nSPS) is 13.2. The van der Waals surface area contributed by atoms with Gasteiger partial charge in [-0.1, -0.05) is 116 Å². The van der Waals surface area contributed by atoms with Gasteiger partial charge in [0.15, 0.2) is 0 Å². The average molecular weight is 420 g/mol. The molecule has 4 aromatic rings. The fraction of sp³-hybridized carbons (Fsp3) is 0.167. The summed E-state index contributed by atoms with van der Waals surface area (Å²) in [6, 6.07) is 33.2. The molecule has 32 heavy (non-hydrogen) atoms. The minimum Gasteiger partial charge on any atom is -0.351 e. The Balaban J connectivity index is 1.55. The number of benzene rings is 4. The SMILES string of the molecule is Cc1ccc(C(C(=O)NCc2ccccc2)C(C)/C=C/c2ccc3ccccc3c2)cc1. The van der Waals surface area contributed by atoms with Crippen LogP contribution in [0, 0.1) is 12.8 Å². The highest BCUT2D eigenvalue weighted by Crippen LogP contribution is 2.28. The van der Waals surface area contributed by atoms with Crippen molar-refractivity contribution in [1.29, 1.82) is 0 Å². The summed E-state index contributed by atoms with van der Waals surface area (Å²) in [5, 5.41) is 5.59. The Morgan fingerprint density at radius 3 is 2.28 bits per heavy atom. The number of nitrogens with one attached hydrogen (secondary N) is 1. The number of carbonyl (C=O) groups excluding carboxylic acids is 1. The maximum Gasteiger partial charge on any atom is 0.228 e. The van der Waals surface area contributed by atoms with Gasteiger partial charge in [0.25, 0.3) is 0 Å². The third-order valence-corrected chi connectivity index (χ3v) is 5.92. The largest absolute Gasteiger partial charge is 0.351 e. The maximum atomic E-state index is 13.3. The Labute approximate surface area is 190 Å². The first kappa shape index (κ1) is 21.6. The van der Waals surface area contributed by atoms with Gasteiger partial charge in [-0.3, -0.25) is 4.79 Å². The topological polar surface area (TPSA) is 29.1 Å². The minimum atomic E-state index is -0.254. The Kier molecular flexibility index (Phi) is 6.81. The molecule has 0 saturated heterocycles. The van der Waals surface area contributed by atoms with Crippen LogP contribution in [0.1, 0.15) is 35.1 Å². The number of fused-ring (bicyclic) bond motifs is 1. The molecule has 2 heteroatoms. The van der Waals surface area contributed by atoms with Gasteiger partial charge < -0.3 is 5.32 Å². The van der Waals surface area contributed by atoms with Crippen LogP contribution in [-0.2, 0) is 11.3 Å². The van der Waals surface area contributed by atoms with E-state index in [1.54, 1.807) is 0 Å². The third kappa shape index (κ3) is 5.33. The quantitative estimate of drug-likeness (QED) is 0.347. The van der Waals surface area contributed by atoms with E-state index < -0.39 is 0 Å². The van der Waals surface area contributed by atoms with Crippen LogP contribution in [0.3, 0.4) is 0 Å². The van der Waals surface area contributed by atoms with Gasteiger partial charge in [-0.15, -0.1) is 0 Å². The molecule has 4 rings (SSSR count). The van der Waals surface area contributed by atoms with Crippen molar-refractivity contribution in [3.8, 4) is 0 Å². The van der Waals surface area contributed by atoms with Crippen molar-refractivity contribution in [2.45, 2.75) is 26.3 Å². The first-order chi connectivity index (χ1) is 15.6. The van der Waals surface area contributed by atoms with Gasteiger partial charge >= 0.3 is 0 Å². The Morgan fingerprint density at radius 2 is 1.53 bits per heavy atom. The van der Waals surface area contributed by atoms with Crippen molar-refractivity contribution in [3.63, 3.8) is 0 Å². The van der Waals surface area contributed by atoms with Crippen molar-refractivity contribution in [2.24, 2.45) is 5.92 Å². The van der Waals surface area contributed by atoms with Crippen LogP contribution < -0.4 is 5.32 Å². The lowest BCUT2D eigenvalue weighted by molar-refractivity contribution is -0.123. The highest BCUT2D eigenvalue weighted by molar-refractivity contribution is 5.85. The summed E-state index contributed by atoms with van der Waals surface area (Å²) in [7, 11) is 0. The molecular weight excluding hydrogens is 390 g/mol. The first-order valence-electron chi connectivity index (χ1n) is 11.2. The van der Waals surface area contributed by atoms with Gasteiger partial charge in [0.1, 0.15) is 0 Å². The molecule has 0 aliphatic carbocycles. The van der Waals surface area contributed by atoms with E-state index in [2.05, 4.69) is 98.0 Å². The van der Waals surface area contributed by atoms with Gasteiger partial charge in [0.05, 0.1) is 5.92 Å². The van der Waals surface area contributed by atoms with Crippen LogP contribution in [-0.4, -0.2) is 5.91 Å². The van der Waals surface area contributed by atoms with Gasteiger partial charge in [-0.25, -0.2) is 0 Å². The lowest BCUT2D eigenvalue weighted by atomic mass is 9.85. The summed E-state index contributed by atoms with van der Waals surface area (Å²) in [4.78, 5) is 13.3. The average Bonchev–Trinajstić information content (AvgIpc) is 2.83. The Bertz CT molecular complexity index is 1210. The first-order valence-corrected chi connectivity index (χ1v) is 11.2. The molecule has 160 valence electrons. The maximum absolute atomic E-state index is 13.3. The van der Waals surface area contributed by atoms with E-state index in [4.69, 9.17) is 0 Å². The zero-order valence-electron chi connectivity index (χ0n) is 18.7. The zero-order chi connectivity index (χ0) is 22.3. The Morgan fingerprint density at radius 1 is 0.844 bits per heavy atom. The molecule has 0 aliphatic heterocycles. The second kappa shape index (κ2) is 10.1. The summed E-state index contributed by atoms with van der Waals surface area (Å²) in [5.41, 5.74) is 4.47. The monoisotopic (exact) mass is 419 g/mol. The smallest absolute Gasteiger partial charge is 0.228 e. The molecule has 2 unspecified atom stereocenters. The number of aryl methyl sites for hydroxylation is 1. The van der Waals surface area contributed by atoms with Gasteiger partial charge in [-0.05, 0) is 46.4 Å². The van der Waals surface area contributed by atoms with Crippen molar-refractivity contribution in [3.05, 3.63) is 125 Å². The van der Waals surface area contributed by atoms with Crippen molar-refractivity contribution >= 4 is 22.8 Å². The molecule has 1 amide bonds. The number of rotatable bonds is 7. The molecule has 0 heterocycles. The molecule has 0 bridgehead atoms. The molecule has 0 aromatic heterocycles. The van der Waals surface area contributed by atoms with E-state index in [0.717, 1.165) is 16.7 Å². The van der Waals surface area contributed by atoms with E-state index in [-0.39, 0.29) is 17.7 Å². The van der Waals surface area contributed by atoms with E-state index in [1.807, 2.05) is 30.3 Å². The van der Waals surface area contributed by atoms with Crippen LogP contribution in [0.4, 0.5) is 0 Å². The van der Waals surface area contributed by atoms with E-state index in [0.29, 0.717) is 6.54 Å². The van der Waals surface area contributed by atoms with Crippen LogP contribution in [0.5, 0.6) is 0 Å². The summed E-state index contributed by atoms with van der Waals surface area (Å²) >= 11 is 0. The molecule has 0 saturated carbocycles. The molecule has 0 spiro atoms. The fourth-order valence-electron chi connectivity index (χ4n) is 4.05. The van der Waals surface area contributed by atoms with E-state index in [1.165, 1.54) is 16.3 Å². The molecule has 0 aliphatic rings. The highest BCUT2D eigenvalue weighted by Gasteiger charge is 2.25. The third-order valence-electron chi connectivity index (χ3n) is 5.92. The second-order valence-corrected chi connectivity index (χ2v) is 8.42. The number of hydrogen-bond donors (Lipinski definition) is 1. The van der Waals surface area contributed by atoms with Crippen LogP contribution in [0.25, 0.3) is 16.8 Å².